The van der Waals surface area contributed by atoms with Gasteiger partial charge >= 0.3 is 0 Å². The Balaban J connectivity index is 2.45. The van der Waals surface area contributed by atoms with Crippen LogP contribution >= 0.6 is 0 Å². The fourth-order valence-corrected chi connectivity index (χ4v) is 1.63. The molecule has 1 aliphatic rings. The van der Waals surface area contributed by atoms with Gasteiger partial charge in [0.25, 0.3) is 0 Å². The number of hydrogen-bond acceptors (Lipinski definition) is 3. The Bertz CT molecular complexity index is 186. The Morgan fingerprint density at radius 3 is 3.00 bits per heavy atom. The summed E-state index contributed by atoms with van der Waals surface area (Å²) in [4.78, 5) is 2.38. The third-order valence-electron chi connectivity index (χ3n) is 2.48. The topological polar surface area (TPSA) is 36.3 Å². The van der Waals surface area contributed by atoms with Crippen LogP contribution in [0.4, 0.5) is 0 Å². The molecule has 1 fully saturated rings. The molecular formula is C10H18N2O. The van der Waals surface area contributed by atoms with Gasteiger partial charge in [-0.2, -0.15) is 5.26 Å². The zero-order chi connectivity index (χ0) is 9.68. The second-order valence-corrected chi connectivity index (χ2v) is 3.89. The van der Waals surface area contributed by atoms with Gasteiger partial charge in [0, 0.05) is 31.5 Å². The lowest BCUT2D eigenvalue weighted by molar-refractivity contribution is 0.121. The van der Waals surface area contributed by atoms with E-state index >= 15 is 0 Å². The quantitative estimate of drug-likeness (QED) is 0.645. The monoisotopic (exact) mass is 182 g/mol. The maximum absolute atomic E-state index is 8.61. The van der Waals surface area contributed by atoms with Gasteiger partial charge in [0.1, 0.15) is 0 Å². The molecule has 3 nitrogen and oxygen atoms in total. The predicted molar refractivity (Wildman–Crippen MR) is 51.2 cm³/mol. The van der Waals surface area contributed by atoms with Gasteiger partial charge in [0.05, 0.1) is 19.3 Å². The Morgan fingerprint density at radius 1 is 1.62 bits per heavy atom. The predicted octanol–water partition coefficient (Wildman–Crippen LogP) is 1.26. The van der Waals surface area contributed by atoms with Crippen molar-refractivity contribution in [1.29, 1.82) is 5.26 Å². The van der Waals surface area contributed by atoms with Gasteiger partial charge < -0.3 is 4.74 Å². The molecule has 0 radical (unpaired) electrons. The van der Waals surface area contributed by atoms with Gasteiger partial charge in [-0.05, 0) is 13.8 Å². The zero-order valence-electron chi connectivity index (χ0n) is 8.49. The Hall–Kier alpha value is -0.590. The molecule has 74 valence electrons. The lowest BCUT2D eigenvalue weighted by Crippen LogP contribution is -2.35. The fourth-order valence-electron chi connectivity index (χ4n) is 1.63. The van der Waals surface area contributed by atoms with Gasteiger partial charge in [0.2, 0.25) is 0 Å². The third kappa shape index (κ3) is 3.33. The summed E-state index contributed by atoms with van der Waals surface area (Å²) in [5, 5.41) is 8.61. The standard InChI is InChI=1S/C10H18N2O/c1-9(2)12-5-6-13-8-10(7-12)3-4-11/h9-10H,3,5-8H2,1-2H3. The Morgan fingerprint density at radius 2 is 2.38 bits per heavy atom. The second-order valence-electron chi connectivity index (χ2n) is 3.89. The normalized spacial score (nSPS) is 25.5. The maximum atomic E-state index is 8.61. The van der Waals surface area contributed by atoms with Crippen molar-refractivity contribution in [3.63, 3.8) is 0 Å². The molecule has 1 unspecified atom stereocenters. The van der Waals surface area contributed by atoms with E-state index < -0.39 is 0 Å². The molecule has 1 saturated heterocycles. The van der Waals surface area contributed by atoms with Crippen molar-refractivity contribution in [2.45, 2.75) is 26.3 Å². The van der Waals surface area contributed by atoms with E-state index in [1.165, 1.54) is 0 Å². The fraction of sp³-hybridized carbons (Fsp3) is 0.900. The Labute approximate surface area is 80.3 Å². The van der Waals surface area contributed by atoms with Crippen LogP contribution < -0.4 is 0 Å². The zero-order valence-corrected chi connectivity index (χ0v) is 8.49. The SMILES string of the molecule is CC(C)N1CCOCC(CC#N)C1. The molecule has 0 aromatic heterocycles. The Kier molecular flexibility index (Phi) is 4.20. The molecule has 1 rings (SSSR count). The summed E-state index contributed by atoms with van der Waals surface area (Å²) < 4.78 is 5.45. The van der Waals surface area contributed by atoms with E-state index in [4.69, 9.17) is 10.00 Å². The molecule has 3 heteroatoms. The molecule has 0 spiro atoms. The molecule has 1 atom stereocenters. The summed E-state index contributed by atoms with van der Waals surface area (Å²) in [5.41, 5.74) is 0. The molecule has 1 heterocycles. The van der Waals surface area contributed by atoms with Crippen LogP contribution in [0.1, 0.15) is 20.3 Å². The lowest BCUT2D eigenvalue weighted by atomic mass is 10.1. The average Bonchev–Trinajstić information content (AvgIpc) is 2.30. The van der Waals surface area contributed by atoms with E-state index in [-0.39, 0.29) is 0 Å². The number of rotatable bonds is 2. The lowest BCUT2D eigenvalue weighted by Gasteiger charge is -2.25. The van der Waals surface area contributed by atoms with Crippen LogP contribution in [0.15, 0.2) is 0 Å². The first-order valence-corrected chi connectivity index (χ1v) is 4.92. The molecular weight excluding hydrogens is 164 g/mol. The van der Waals surface area contributed by atoms with Crippen LogP contribution in [-0.4, -0.2) is 37.2 Å². The van der Waals surface area contributed by atoms with E-state index in [0.717, 1.165) is 26.3 Å². The van der Waals surface area contributed by atoms with Gasteiger partial charge in [-0.15, -0.1) is 0 Å². The van der Waals surface area contributed by atoms with Crippen LogP contribution in [-0.2, 0) is 4.74 Å². The van der Waals surface area contributed by atoms with E-state index in [1.54, 1.807) is 0 Å². The molecule has 13 heavy (non-hydrogen) atoms. The van der Waals surface area contributed by atoms with Crippen molar-refractivity contribution in [2.75, 3.05) is 26.3 Å². The highest BCUT2D eigenvalue weighted by atomic mass is 16.5. The minimum Gasteiger partial charge on any atom is -0.380 e. The van der Waals surface area contributed by atoms with Crippen molar-refractivity contribution in [3.05, 3.63) is 0 Å². The van der Waals surface area contributed by atoms with Gasteiger partial charge in [-0.25, -0.2) is 0 Å². The first-order valence-electron chi connectivity index (χ1n) is 4.92. The van der Waals surface area contributed by atoms with Crippen molar-refractivity contribution in [1.82, 2.24) is 4.90 Å². The van der Waals surface area contributed by atoms with Crippen LogP contribution in [0.2, 0.25) is 0 Å². The van der Waals surface area contributed by atoms with Crippen molar-refractivity contribution >= 4 is 0 Å². The van der Waals surface area contributed by atoms with Gasteiger partial charge in [0.15, 0.2) is 0 Å². The molecule has 0 aliphatic carbocycles. The van der Waals surface area contributed by atoms with Gasteiger partial charge in [-0.1, -0.05) is 0 Å². The number of nitrogens with zero attached hydrogens (tertiary/aromatic N) is 2. The molecule has 0 aromatic rings. The maximum Gasteiger partial charge on any atom is 0.0626 e. The molecule has 0 saturated carbocycles. The van der Waals surface area contributed by atoms with E-state index in [2.05, 4.69) is 24.8 Å². The number of ether oxygens (including phenoxy) is 1. The summed E-state index contributed by atoms with van der Waals surface area (Å²) in [6.07, 6.45) is 0.614. The summed E-state index contributed by atoms with van der Waals surface area (Å²) in [6.45, 7) is 7.94. The average molecular weight is 182 g/mol. The molecule has 1 aliphatic heterocycles. The molecule has 0 bridgehead atoms. The summed E-state index contributed by atoms with van der Waals surface area (Å²) in [7, 11) is 0. The molecule has 0 aromatic carbocycles. The summed E-state index contributed by atoms with van der Waals surface area (Å²) in [5.74, 6) is 0.398. The highest BCUT2D eigenvalue weighted by Crippen LogP contribution is 2.12. The summed E-state index contributed by atoms with van der Waals surface area (Å²) >= 11 is 0. The van der Waals surface area contributed by atoms with Crippen LogP contribution in [0.3, 0.4) is 0 Å². The van der Waals surface area contributed by atoms with Crippen molar-refractivity contribution in [3.8, 4) is 6.07 Å². The van der Waals surface area contributed by atoms with Crippen LogP contribution in [0, 0.1) is 17.2 Å². The number of nitriles is 1. The minimum atomic E-state index is 0.398. The highest BCUT2D eigenvalue weighted by Gasteiger charge is 2.19. The molecule has 0 amide bonds. The van der Waals surface area contributed by atoms with E-state index in [9.17, 15) is 0 Å². The smallest absolute Gasteiger partial charge is 0.0626 e. The molecule has 0 N–H and O–H groups in total. The van der Waals surface area contributed by atoms with E-state index in [1.807, 2.05) is 0 Å². The van der Waals surface area contributed by atoms with Crippen molar-refractivity contribution < 1.29 is 4.74 Å². The second kappa shape index (κ2) is 5.21. The largest absolute Gasteiger partial charge is 0.380 e. The van der Waals surface area contributed by atoms with E-state index in [0.29, 0.717) is 18.4 Å². The third-order valence-corrected chi connectivity index (χ3v) is 2.48. The summed E-state index contributed by atoms with van der Waals surface area (Å²) in [6, 6.07) is 2.78. The number of hydrogen-bond donors (Lipinski definition) is 0. The highest BCUT2D eigenvalue weighted by molar-refractivity contribution is 4.80. The van der Waals surface area contributed by atoms with Crippen LogP contribution in [0.25, 0.3) is 0 Å². The van der Waals surface area contributed by atoms with Crippen molar-refractivity contribution in [2.24, 2.45) is 5.92 Å². The minimum absolute atomic E-state index is 0.398. The van der Waals surface area contributed by atoms with Gasteiger partial charge in [-0.3, -0.25) is 4.90 Å². The van der Waals surface area contributed by atoms with Crippen LogP contribution in [0.5, 0.6) is 0 Å². The first kappa shape index (κ1) is 10.5. The first-order chi connectivity index (χ1) is 6.24.